The molecule has 0 unspecified atom stereocenters. The van der Waals surface area contributed by atoms with E-state index >= 15 is 0 Å². The van der Waals surface area contributed by atoms with Crippen LogP contribution in [0.3, 0.4) is 0 Å². The zero-order valence-electron chi connectivity index (χ0n) is 14.4. The van der Waals surface area contributed by atoms with Gasteiger partial charge in [0.25, 0.3) is 5.91 Å². The van der Waals surface area contributed by atoms with Gasteiger partial charge in [-0.15, -0.1) is 0 Å². The lowest BCUT2D eigenvalue weighted by Gasteiger charge is -2.12. The Balaban J connectivity index is 1.75. The first kappa shape index (κ1) is 18.3. The summed E-state index contributed by atoms with van der Waals surface area (Å²) >= 11 is 0. The second-order valence-electron chi connectivity index (χ2n) is 5.85. The fourth-order valence-electron chi connectivity index (χ4n) is 2.41. The second-order valence-corrected chi connectivity index (χ2v) is 5.85. The molecule has 0 aliphatic carbocycles. The summed E-state index contributed by atoms with van der Waals surface area (Å²) in [6.45, 7) is 1.88. The number of nitrogens with zero attached hydrogens (tertiary/aromatic N) is 1. The molecule has 2 aromatic carbocycles. The van der Waals surface area contributed by atoms with Crippen molar-refractivity contribution >= 4 is 5.91 Å². The summed E-state index contributed by atoms with van der Waals surface area (Å²) < 4.78 is 31.9. The lowest BCUT2D eigenvalue weighted by atomic mass is 10.1. The first-order valence-electron chi connectivity index (χ1n) is 8.08. The van der Waals surface area contributed by atoms with Crippen LogP contribution in [-0.2, 0) is 6.54 Å². The smallest absolute Gasteiger partial charge is 0.255 e. The number of benzene rings is 2. The molecule has 0 spiro atoms. The molecule has 2 N–H and O–H groups in total. The molecule has 0 aliphatic heterocycles. The Labute approximate surface area is 154 Å². The minimum absolute atomic E-state index is 0.0685. The fraction of sp³-hybridized carbons (Fsp3) is 0.100. The van der Waals surface area contributed by atoms with Gasteiger partial charge in [0.05, 0.1) is 5.56 Å². The van der Waals surface area contributed by atoms with Crippen LogP contribution in [0, 0.1) is 18.6 Å². The molecule has 5 nitrogen and oxygen atoms in total. The van der Waals surface area contributed by atoms with Crippen LogP contribution in [0.2, 0.25) is 0 Å². The predicted octanol–water partition coefficient (Wildman–Crippen LogP) is 4.10. The van der Waals surface area contributed by atoms with Crippen LogP contribution in [0.15, 0.2) is 54.7 Å². The Hall–Kier alpha value is -3.48. The number of amides is 1. The topological polar surface area (TPSA) is 71.5 Å². The molecule has 0 bridgehead atoms. The van der Waals surface area contributed by atoms with Crippen molar-refractivity contribution in [3.05, 3.63) is 83.1 Å². The van der Waals surface area contributed by atoms with Gasteiger partial charge >= 0.3 is 0 Å². The highest BCUT2D eigenvalue weighted by atomic mass is 19.2. The van der Waals surface area contributed by atoms with E-state index in [0.29, 0.717) is 5.56 Å². The van der Waals surface area contributed by atoms with E-state index in [4.69, 9.17) is 4.74 Å². The van der Waals surface area contributed by atoms with Gasteiger partial charge in [-0.05, 0) is 37.3 Å². The first-order valence-corrected chi connectivity index (χ1v) is 8.08. The number of phenolic OH excluding ortho intramolecular Hbond substituents is 1. The third-order valence-electron chi connectivity index (χ3n) is 3.79. The number of halogens is 2. The summed E-state index contributed by atoms with van der Waals surface area (Å²) in [6, 6.07) is 11.2. The molecule has 1 amide bonds. The van der Waals surface area contributed by atoms with Crippen molar-refractivity contribution in [2.45, 2.75) is 13.5 Å². The average molecular weight is 370 g/mol. The summed E-state index contributed by atoms with van der Waals surface area (Å²) in [5, 5.41) is 12.5. The third-order valence-corrected chi connectivity index (χ3v) is 3.79. The predicted molar refractivity (Wildman–Crippen MR) is 94.7 cm³/mol. The Bertz CT molecular complexity index is 993. The number of pyridine rings is 1. The van der Waals surface area contributed by atoms with E-state index < -0.39 is 17.5 Å². The molecule has 0 aliphatic rings. The number of ether oxygens (including phenoxy) is 1. The number of hydrogen-bond donors (Lipinski definition) is 2. The van der Waals surface area contributed by atoms with E-state index in [1.54, 1.807) is 24.3 Å². The molecule has 0 radical (unpaired) electrons. The van der Waals surface area contributed by atoms with Gasteiger partial charge in [0.2, 0.25) is 5.88 Å². The van der Waals surface area contributed by atoms with Crippen molar-refractivity contribution in [3.63, 3.8) is 0 Å². The van der Waals surface area contributed by atoms with Crippen LogP contribution < -0.4 is 10.1 Å². The van der Waals surface area contributed by atoms with Gasteiger partial charge in [-0.1, -0.05) is 17.7 Å². The Morgan fingerprint density at radius 1 is 1.15 bits per heavy atom. The zero-order valence-corrected chi connectivity index (χ0v) is 14.4. The fourth-order valence-corrected chi connectivity index (χ4v) is 2.41. The largest absolute Gasteiger partial charge is 0.507 e. The second kappa shape index (κ2) is 7.82. The van der Waals surface area contributed by atoms with Crippen LogP contribution in [0.5, 0.6) is 17.4 Å². The van der Waals surface area contributed by atoms with Gasteiger partial charge in [0.1, 0.15) is 11.5 Å². The van der Waals surface area contributed by atoms with Crippen molar-refractivity contribution < 1.29 is 23.4 Å². The lowest BCUT2D eigenvalue weighted by molar-refractivity contribution is 0.0948. The van der Waals surface area contributed by atoms with Gasteiger partial charge in [0, 0.05) is 24.4 Å². The monoisotopic (exact) mass is 370 g/mol. The van der Waals surface area contributed by atoms with E-state index in [9.17, 15) is 18.7 Å². The number of nitrogens with one attached hydrogen (secondary N) is 1. The number of phenols is 1. The normalized spacial score (nSPS) is 10.5. The van der Waals surface area contributed by atoms with Gasteiger partial charge in [-0.3, -0.25) is 4.79 Å². The van der Waals surface area contributed by atoms with E-state index in [1.165, 1.54) is 18.3 Å². The molecule has 3 aromatic rings. The number of aromatic nitrogens is 1. The van der Waals surface area contributed by atoms with Gasteiger partial charge in [-0.25, -0.2) is 13.8 Å². The Morgan fingerprint density at radius 3 is 2.74 bits per heavy atom. The Morgan fingerprint density at radius 2 is 1.96 bits per heavy atom. The minimum Gasteiger partial charge on any atom is -0.507 e. The van der Waals surface area contributed by atoms with Crippen LogP contribution in [-0.4, -0.2) is 16.0 Å². The van der Waals surface area contributed by atoms with Gasteiger partial charge in [-0.2, -0.15) is 0 Å². The molecule has 0 saturated heterocycles. The summed E-state index contributed by atoms with van der Waals surface area (Å²) in [7, 11) is 0. The summed E-state index contributed by atoms with van der Waals surface area (Å²) in [5.74, 6) is -2.36. The minimum atomic E-state index is -1.03. The van der Waals surface area contributed by atoms with Crippen molar-refractivity contribution in [2.75, 3.05) is 0 Å². The average Bonchev–Trinajstić information content (AvgIpc) is 2.65. The zero-order chi connectivity index (χ0) is 19.4. The molecule has 7 heteroatoms. The van der Waals surface area contributed by atoms with Crippen molar-refractivity contribution in [3.8, 4) is 17.4 Å². The van der Waals surface area contributed by atoms with Crippen LogP contribution in [0.4, 0.5) is 8.78 Å². The van der Waals surface area contributed by atoms with E-state index in [-0.39, 0.29) is 29.5 Å². The molecule has 3 rings (SSSR count). The highest BCUT2D eigenvalue weighted by molar-refractivity contribution is 5.96. The summed E-state index contributed by atoms with van der Waals surface area (Å²) in [5.41, 5.74) is 1.52. The molecule has 27 heavy (non-hydrogen) atoms. The van der Waals surface area contributed by atoms with Crippen LogP contribution in [0.25, 0.3) is 0 Å². The molecule has 138 valence electrons. The maximum Gasteiger partial charge on any atom is 0.255 e. The maximum absolute atomic E-state index is 13.3. The number of carbonyl (C=O) groups is 1. The summed E-state index contributed by atoms with van der Waals surface area (Å²) in [4.78, 5) is 16.4. The van der Waals surface area contributed by atoms with Crippen LogP contribution >= 0.6 is 0 Å². The number of aryl methyl sites for hydroxylation is 1. The maximum atomic E-state index is 13.3. The van der Waals surface area contributed by atoms with Crippen molar-refractivity contribution in [1.29, 1.82) is 0 Å². The van der Waals surface area contributed by atoms with Crippen LogP contribution in [0.1, 0.15) is 21.5 Å². The SMILES string of the molecule is Cc1ccc(O)c(C(=O)NCc2cccnc2Oc2ccc(F)c(F)c2)c1. The Kier molecular flexibility index (Phi) is 5.30. The van der Waals surface area contributed by atoms with Gasteiger partial charge < -0.3 is 15.2 Å². The van der Waals surface area contributed by atoms with Gasteiger partial charge in [0.15, 0.2) is 11.6 Å². The molecular formula is C20H16F2N2O3. The molecule has 1 aromatic heterocycles. The summed E-state index contributed by atoms with van der Waals surface area (Å²) in [6.07, 6.45) is 1.48. The molecule has 0 atom stereocenters. The van der Waals surface area contributed by atoms with E-state index in [1.807, 2.05) is 6.92 Å². The number of aromatic hydroxyl groups is 1. The lowest BCUT2D eigenvalue weighted by Crippen LogP contribution is -2.23. The quantitative estimate of drug-likeness (QED) is 0.709. The molecule has 0 saturated carbocycles. The van der Waals surface area contributed by atoms with E-state index in [2.05, 4.69) is 10.3 Å². The number of rotatable bonds is 5. The molecular weight excluding hydrogens is 354 g/mol. The molecule has 1 heterocycles. The van der Waals surface area contributed by atoms with E-state index in [0.717, 1.165) is 17.7 Å². The van der Waals surface area contributed by atoms with Crippen molar-refractivity contribution in [2.24, 2.45) is 0 Å². The highest BCUT2D eigenvalue weighted by Crippen LogP contribution is 2.25. The number of carbonyl (C=O) groups excluding carboxylic acids is 1. The standard InChI is InChI=1S/C20H16F2N2O3/c1-12-4-7-18(25)15(9-12)19(26)24-11-13-3-2-8-23-20(13)27-14-5-6-16(21)17(22)10-14/h2-10,25H,11H2,1H3,(H,24,26). The third kappa shape index (κ3) is 4.38. The molecule has 0 fully saturated rings. The number of hydrogen-bond acceptors (Lipinski definition) is 4. The van der Waals surface area contributed by atoms with Crippen molar-refractivity contribution in [1.82, 2.24) is 10.3 Å². The first-order chi connectivity index (χ1) is 12.9. The highest BCUT2D eigenvalue weighted by Gasteiger charge is 2.13.